The first kappa shape index (κ1) is 12.1. The van der Waals surface area contributed by atoms with Gasteiger partial charge in [0.25, 0.3) is 0 Å². The van der Waals surface area contributed by atoms with Crippen LogP contribution in [0.15, 0.2) is 24.3 Å². The third-order valence-corrected chi connectivity index (χ3v) is 2.77. The van der Waals surface area contributed by atoms with Gasteiger partial charge in [-0.2, -0.15) is 0 Å². The maximum atomic E-state index is 11.5. The van der Waals surface area contributed by atoms with Gasteiger partial charge in [0.15, 0.2) is 0 Å². The van der Waals surface area contributed by atoms with E-state index in [2.05, 4.69) is 10.6 Å². The zero-order valence-electron chi connectivity index (χ0n) is 9.78. The minimum atomic E-state index is -0.00759. The molecule has 1 saturated carbocycles. The van der Waals surface area contributed by atoms with Crippen LogP contribution in [-0.4, -0.2) is 30.2 Å². The lowest BCUT2D eigenvalue weighted by Gasteiger charge is -2.06. The first-order valence-corrected chi connectivity index (χ1v) is 6.01. The van der Waals surface area contributed by atoms with E-state index in [4.69, 9.17) is 5.11 Å². The molecule has 0 spiro atoms. The molecule has 1 fully saturated rings. The maximum Gasteiger partial charge on any atom is 0.238 e. The highest BCUT2D eigenvalue weighted by molar-refractivity contribution is 5.92. The largest absolute Gasteiger partial charge is 0.396 e. The lowest BCUT2D eigenvalue weighted by Crippen LogP contribution is -2.29. The van der Waals surface area contributed by atoms with Crippen molar-refractivity contribution >= 4 is 11.6 Å². The molecule has 1 aromatic rings. The van der Waals surface area contributed by atoms with Crippen LogP contribution < -0.4 is 10.6 Å². The van der Waals surface area contributed by atoms with Crippen LogP contribution in [0.5, 0.6) is 0 Å². The quantitative estimate of drug-likeness (QED) is 0.685. The normalized spacial score (nSPS) is 14.6. The van der Waals surface area contributed by atoms with E-state index in [9.17, 15) is 4.79 Å². The first-order valence-electron chi connectivity index (χ1n) is 6.01. The fourth-order valence-electron chi connectivity index (χ4n) is 1.61. The number of rotatable bonds is 6. The smallest absolute Gasteiger partial charge is 0.238 e. The molecule has 1 aliphatic carbocycles. The highest BCUT2D eigenvalue weighted by atomic mass is 16.2. The molecule has 0 saturated heterocycles. The molecule has 4 heteroatoms. The molecule has 0 heterocycles. The van der Waals surface area contributed by atoms with E-state index in [0.717, 1.165) is 11.3 Å². The fourth-order valence-corrected chi connectivity index (χ4v) is 1.61. The van der Waals surface area contributed by atoms with Gasteiger partial charge in [-0.05, 0) is 37.0 Å². The Morgan fingerprint density at radius 1 is 1.29 bits per heavy atom. The Bertz CT molecular complexity index is 372. The van der Waals surface area contributed by atoms with Crippen molar-refractivity contribution in [3.8, 4) is 0 Å². The van der Waals surface area contributed by atoms with Crippen molar-refractivity contribution in [2.45, 2.75) is 25.3 Å². The fraction of sp³-hybridized carbons (Fsp3) is 0.462. The molecule has 2 rings (SSSR count). The van der Waals surface area contributed by atoms with Gasteiger partial charge in [-0.15, -0.1) is 0 Å². The number of hydrogen-bond donors (Lipinski definition) is 3. The molecule has 0 unspecified atom stereocenters. The highest BCUT2D eigenvalue weighted by Gasteiger charge is 2.20. The second-order valence-corrected chi connectivity index (χ2v) is 4.37. The summed E-state index contributed by atoms with van der Waals surface area (Å²) in [7, 11) is 0. The molecule has 1 aromatic carbocycles. The van der Waals surface area contributed by atoms with E-state index in [-0.39, 0.29) is 12.5 Å². The summed E-state index contributed by atoms with van der Waals surface area (Å²) in [6.45, 7) is 0.528. The minimum absolute atomic E-state index is 0.00759. The number of aliphatic hydroxyl groups excluding tert-OH is 1. The van der Waals surface area contributed by atoms with Gasteiger partial charge < -0.3 is 15.7 Å². The lowest BCUT2D eigenvalue weighted by molar-refractivity contribution is -0.115. The number of hydrogen-bond acceptors (Lipinski definition) is 3. The predicted molar refractivity (Wildman–Crippen MR) is 66.9 cm³/mol. The van der Waals surface area contributed by atoms with E-state index < -0.39 is 0 Å². The molecular formula is C13H18N2O2. The Balaban J connectivity index is 1.78. The molecule has 3 N–H and O–H groups in total. The molecule has 0 atom stereocenters. The average molecular weight is 234 g/mol. The van der Waals surface area contributed by atoms with Gasteiger partial charge >= 0.3 is 0 Å². The topological polar surface area (TPSA) is 61.4 Å². The standard InChI is InChI=1S/C13H18N2O2/c16-8-7-10-1-3-12(4-2-10)15-13(17)9-14-11-5-6-11/h1-4,11,14,16H,5-9H2,(H,15,17). The van der Waals surface area contributed by atoms with Crippen molar-refractivity contribution in [2.75, 3.05) is 18.5 Å². The zero-order valence-corrected chi connectivity index (χ0v) is 9.78. The molecule has 4 nitrogen and oxygen atoms in total. The van der Waals surface area contributed by atoms with Crippen molar-refractivity contribution in [3.05, 3.63) is 29.8 Å². The number of anilines is 1. The SMILES string of the molecule is O=C(CNC1CC1)Nc1ccc(CCO)cc1. The number of aliphatic hydroxyl groups is 1. The van der Waals surface area contributed by atoms with Crippen molar-refractivity contribution in [3.63, 3.8) is 0 Å². The van der Waals surface area contributed by atoms with Gasteiger partial charge in [0.05, 0.1) is 6.54 Å². The average Bonchev–Trinajstić information content (AvgIpc) is 3.13. The summed E-state index contributed by atoms with van der Waals surface area (Å²) < 4.78 is 0. The second kappa shape index (κ2) is 5.80. The summed E-state index contributed by atoms with van der Waals surface area (Å²) in [5.74, 6) is -0.00759. The third kappa shape index (κ3) is 4.17. The molecule has 92 valence electrons. The second-order valence-electron chi connectivity index (χ2n) is 4.37. The Hall–Kier alpha value is -1.39. The number of nitrogens with one attached hydrogen (secondary N) is 2. The van der Waals surface area contributed by atoms with Gasteiger partial charge in [-0.3, -0.25) is 4.79 Å². The number of benzene rings is 1. The molecule has 0 bridgehead atoms. The van der Waals surface area contributed by atoms with E-state index >= 15 is 0 Å². The van der Waals surface area contributed by atoms with Gasteiger partial charge in [-0.1, -0.05) is 12.1 Å². The predicted octanol–water partition coefficient (Wildman–Crippen LogP) is 0.912. The number of carbonyl (C=O) groups is 1. The van der Waals surface area contributed by atoms with Gasteiger partial charge in [0.2, 0.25) is 5.91 Å². The van der Waals surface area contributed by atoms with Crippen LogP contribution in [0.1, 0.15) is 18.4 Å². The van der Waals surface area contributed by atoms with Crippen molar-refractivity contribution in [2.24, 2.45) is 0 Å². The molecule has 1 amide bonds. The third-order valence-electron chi connectivity index (χ3n) is 2.77. The summed E-state index contributed by atoms with van der Waals surface area (Å²) in [6.07, 6.45) is 3.02. The van der Waals surface area contributed by atoms with Gasteiger partial charge in [0, 0.05) is 18.3 Å². The number of amides is 1. The summed E-state index contributed by atoms with van der Waals surface area (Å²) in [5, 5.41) is 14.8. The lowest BCUT2D eigenvalue weighted by atomic mass is 10.1. The van der Waals surface area contributed by atoms with Gasteiger partial charge in [-0.25, -0.2) is 0 Å². The van der Waals surface area contributed by atoms with Gasteiger partial charge in [0.1, 0.15) is 0 Å². The number of carbonyl (C=O) groups excluding carboxylic acids is 1. The minimum Gasteiger partial charge on any atom is -0.396 e. The first-order chi connectivity index (χ1) is 8.28. The van der Waals surface area contributed by atoms with Crippen LogP contribution in [0.3, 0.4) is 0 Å². The van der Waals surface area contributed by atoms with Crippen LogP contribution in [0.2, 0.25) is 0 Å². The van der Waals surface area contributed by atoms with Crippen molar-refractivity contribution < 1.29 is 9.90 Å². The monoisotopic (exact) mass is 234 g/mol. The highest BCUT2D eigenvalue weighted by Crippen LogP contribution is 2.18. The Morgan fingerprint density at radius 2 is 2.00 bits per heavy atom. The summed E-state index contributed by atoms with van der Waals surface area (Å²) >= 11 is 0. The van der Waals surface area contributed by atoms with E-state index in [1.165, 1.54) is 12.8 Å². The Labute approximate surface area is 101 Å². The van der Waals surface area contributed by atoms with Crippen LogP contribution >= 0.6 is 0 Å². The maximum absolute atomic E-state index is 11.5. The Kier molecular flexibility index (Phi) is 4.12. The molecule has 1 aliphatic rings. The summed E-state index contributed by atoms with van der Waals surface area (Å²) in [6, 6.07) is 8.10. The molecular weight excluding hydrogens is 216 g/mol. The van der Waals surface area contributed by atoms with Crippen LogP contribution in [-0.2, 0) is 11.2 Å². The zero-order chi connectivity index (χ0) is 12.1. The Morgan fingerprint density at radius 3 is 2.59 bits per heavy atom. The van der Waals surface area contributed by atoms with E-state index in [1.54, 1.807) is 0 Å². The molecule has 0 aromatic heterocycles. The molecule has 0 aliphatic heterocycles. The summed E-state index contributed by atoms with van der Waals surface area (Å²) in [4.78, 5) is 11.5. The van der Waals surface area contributed by atoms with E-state index in [1.807, 2.05) is 24.3 Å². The van der Waals surface area contributed by atoms with Crippen molar-refractivity contribution in [1.29, 1.82) is 0 Å². The molecule has 0 radical (unpaired) electrons. The van der Waals surface area contributed by atoms with E-state index in [0.29, 0.717) is 19.0 Å². The van der Waals surface area contributed by atoms with Crippen LogP contribution in [0, 0.1) is 0 Å². The van der Waals surface area contributed by atoms with Crippen LogP contribution in [0.25, 0.3) is 0 Å². The van der Waals surface area contributed by atoms with Crippen LogP contribution in [0.4, 0.5) is 5.69 Å². The molecule has 17 heavy (non-hydrogen) atoms. The summed E-state index contributed by atoms with van der Waals surface area (Å²) in [5.41, 5.74) is 1.87. The van der Waals surface area contributed by atoms with Crippen molar-refractivity contribution in [1.82, 2.24) is 5.32 Å².